The molecule has 0 saturated heterocycles. The van der Waals surface area contributed by atoms with Crippen LogP contribution >= 0.6 is 0 Å². The summed E-state index contributed by atoms with van der Waals surface area (Å²) in [5.74, 6) is -3.96. The van der Waals surface area contributed by atoms with Gasteiger partial charge in [-0.05, 0) is 62.7 Å². The fourth-order valence-corrected chi connectivity index (χ4v) is 7.61. The number of ketones is 2. The molecule has 4 aliphatic carbocycles. The Morgan fingerprint density at radius 2 is 1.92 bits per heavy atom. The summed E-state index contributed by atoms with van der Waals surface area (Å²) in [5.41, 5.74) is -6.80. The highest BCUT2D eigenvalue weighted by Crippen LogP contribution is 2.70. The topological polar surface area (TPSA) is 107 Å². The van der Waals surface area contributed by atoms with Crippen molar-refractivity contribution in [1.29, 1.82) is 0 Å². The summed E-state index contributed by atoms with van der Waals surface area (Å²) in [5, 5.41) is 11.4. The van der Waals surface area contributed by atoms with Gasteiger partial charge in [-0.2, -0.15) is 0 Å². The van der Waals surface area contributed by atoms with E-state index >= 15 is 8.78 Å². The minimum atomic E-state index is -2.30. The molecule has 0 aliphatic heterocycles. The number of rotatable bonds is 6. The number of aliphatic hydroxyl groups is 1. The summed E-state index contributed by atoms with van der Waals surface area (Å²) < 4.78 is 43.6. The molecule has 0 aromatic heterocycles. The highest BCUT2D eigenvalue weighted by Gasteiger charge is 2.76. The van der Waals surface area contributed by atoms with Crippen molar-refractivity contribution >= 4 is 23.5 Å². The van der Waals surface area contributed by atoms with Crippen molar-refractivity contribution in [2.24, 2.45) is 22.7 Å². The number of halogens is 2. The van der Waals surface area contributed by atoms with Gasteiger partial charge in [0.1, 0.15) is 6.17 Å². The van der Waals surface area contributed by atoms with Crippen LogP contribution in [0.5, 0.6) is 0 Å². The van der Waals surface area contributed by atoms with Crippen molar-refractivity contribution in [1.82, 2.24) is 0 Å². The molecule has 8 atom stereocenters. The van der Waals surface area contributed by atoms with Gasteiger partial charge in [0.2, 0.25) is 5.78 Å². The van der Waals surface area contributed by atoms with Crippen LogP contribution in [0.25, 0.3) is 0 Å². The lowest BCUT2D eigenvalue weighted by Crippen LogP contribution is -2.70. The first-order valence-electron chi connectivity index (χ1n) is 12.6. The van der Waals surface area contributed by atoms with E-state index in [2.05, 4.69) is 0 Å². The maximum Gasteiger partial charge on any atom is 0.306 e. The summed E-state index contributed by atoms with van der Waals surface area (Å²) in [4.78, 5) is 49.6. The molecule has 0 amide bonds. The number of aliphatic hydroxyl groups excluding tert-OH is 1. The second kappa shape index (κ2) is 8.85. The van der Waals surface area contributed by atoms with E-state index in [1.54, 1.807) is 13.8 Å². The molecule has 0 bridgehead atoms. The second-order valence-electron chi connectivity index (χ2n) is 11.2. The predicted octanol–water partition coefficient (Wildman–Crippen LogP) is 3.52. The Morgan fingerprint density at radius 1 is 1.22 bits per heavy atom. The van der Waals surface area contributed by atoms with Crippen LogP contribution in [0.1, 0.15) is 66.2 Å². The summed E-state index contributed by atoms with van der Waals surface area (Å²) >= 11 is 0. The molecule has 3 fully saturated rings. The van der Waals surface area contributed by atoms with Crippen molar-refractivity contribution in [2.45, 2.75) is 89.8 Å². The van der Waals surface area contributed by atoms with Crippen molar-refractivity contribution < 1.29 is 42.5 Å². The van der Waals surface area contributed by atoms with E-state index in [-0.39, 0.29) is 37.7 Å². The fraction of sp³-hybridized carbons (Fsp3) is 0.704. The van der Waals surface area contributed by atoms with E-state index in [0.29, 0.717) is 6.42 Å². The minimum absolute atomic E-state index is 0.0148. The number of fused-ring (bicyclic) bond motifs is 5. The molecule has 0 radical (unpaired) electrons. The Labute approximate surface area is 209 Å². The maximum atomic E-state index is 17.2. The van der Waals surface area contributed by atoms with Gasteiger partial charge in [-0.15, -0.1) is 0 Å². The number of alkyl halides is 2. The molecule has 0 heterocycles. The Morgan fingerprint density at radius 3 is 2.56 bits per heavy atom. The predicted molar refractivity (Wildman–Crippen MR) is 124 cm³/mol. The third-order valence-electron chi connectivity index (χ3n) is 9.35. The van der Waals surface area contributed by atoms with E-state index < -0.39 is 76.3 Å². The van der Waals surface area contributed by atoms with Gasteiger partial charge in [0.25, 0.3) is 0 Å². The van der Waals surface area contributed by atoms with Gasteiger partial charge in [0, 0.05) is 30.1 Å². The fourth-order valence-electron chi connectivity index (χ4n) is 7.61. The first-order chi connectivity index (χ1) is 16.8. The maximum absolute atomic E-state index is 17.2. The summed E-state index contributed by atoms with van der Waals surface area (Å²) in [6.07, 6.45) is 0.783. The number of carbonyl (C=O) groups is 4. The molecule has 3 saturated carbocycles. The number of ether oxygens (including phenoxy) is 2. The molecule has 0 aromatic carbocycles. The minimum Gasteiger partial charge on any atom is -0.458 e. The van der Waals surface area contributed by atoms with Crippen LogP contribution in [0, 0.1) is 22.7 Å². The number of hydrogen-bond donors (Lipinski definition) is 1. The van der Waals surface area contributed by atoms with Crippen LogP contribution in [0.4, 0.5) is 8.78 Å². The van der Waals surface area contributed by atoms with Gasteiger partial charge in [0.15, 0.2) is 23.7 Å². The number of Topliss-reactive ketones (excluding diaryl/α,β-unsaturated/α-hetero) is 1. The zero-order chi connectivity index (χ0) is 26.7. The highest BCUT2D eigenvalue weighted by atomic mass is 19.1. The van der Waals surface area contributed by atoms with Gasteiger partial charge < -0.3 is 14.6 Å². The molecular formula is C27H34F2O7. The molecule has 9 heteroatoms. The lowest BCUT2D eigenvalue weighted by atomic mass is 9.44. The highest BCUT2D eigenvalue weighted by molar-refractivity contribution is 6.01. The molecule has 0 spiro atoms. The third kappa shape index (κ3) is 3.52. The van der Waals surface area contributed by atoms with Crippen molar-refractivity contribution in [2.75, 3.05) is 6.61 Å². The molecular weight excluding hydrogens is 474 g/mol. The van der Waals surface area contributed by atoms with Crippen molar-refractivity contribution in [3.63, 3.8) is 0 Å². The standard InChI is InChI=1S/C27H34F2O7/c1-5-6-23(34)36-26(22(33)14-35-15(2)30)10-8-17-18-12-20(28)19-11-16(31)7-9-24(19,3)27(18,29)21(32)13-25(17,26)4/h7,9,11,17-18,20-21,32H,5-6,8,10,12-14H2,1-4H3/t17-,18-,20-,21-,24-,25-,26?,27-/m0/s1. The number of allylic oxidation sites excluding steroid dienone is 4. The summed E-state index contributed by atoms with van der Waals surface area (Å²) in [7, 11) is 0. The summed E-state index contributed by atoms with van der Waals surface area (Å²) in [6.45, 7) is 5.50. The summed E-state index contributed by atoms with van der Waals surface area (Å²) in [6, 6.07) is 0. The van der Waals surface area contributed by atoms with Crippen LogP contribution in [0.3, 0.4) is 0 Å². The molecule has 1 N–H and O–H groups in total. The van der Waals surface area contributed by atoms with Crippen LogP contribution < -0.4 is 0 Å². The zero-order valence-electron chi connectivity index (χ0n) is 21.1. The first-order valence-corrected chi connectivity index (χ1v) is 12.6. The van der Waals surface area contributed by atoms with Crippen molar-refractivity contribution in [3.8, 4) is 0 Å². The molecule has 1 unspecified atom stereocenters. The molecule has 7 nitrogen and oxygen atoms in total. The second-order valence-corrected chi connectivity index (χ2v) is 11.2. The van der Waals surface area contributed by atoms with Gasteiger partial charge in [0.05, 0.1) is 6.10 Å². The molecule has 4 aliphatic rings. The van der Waals surface area contributed by atoms with E-state index in [1.165, 1.54) is 19.1 Å². The smallest absolute Gasteiger partial charge is 0.306 e. The Hall–Kier alpha value is -2.42. The van der Waals surface area contributed by atoms with Crippen LogP contribution in [-0.4, -0.2) is 58.8 Å². The number of carbonyl (C=O) groups excluding carboxylic acids is 4. The third-order valence-corrected chi connectivity index (χ3v) is 9.35. The molecule has 198 valence electrons. The zero-order valence-corrected chi connectivity index (χ0v) is 21.1. The van der Waals surface area contributed by atoms with E-state index in [0.717, 1.165) is 13.0 Å². The molecule has 4 rings (SSSR count). The van der Waals surface area contributed by atoms with Crippen LogP contribution in [-0.2, 0) is 28.7 Å². The van der Waals surface area contributed by atoms with Gasteiger partial charge in [-0.25, -0.2) is 8.78 Å². The van der Waals surface area contributed by atoms with E-state index in [4.69, 9.17) is 9.47 Å². The molecule has 36 heavy (non-hydrogen) atoms. The lowest BCUT2D eigenvalue weighted by Gasteiger charge is -2.63. The molecule has 0 aromatic rings. The average Bonchev–Trinajstić information content (AvgIpc) is 3.08. The Balaban J connectivity index is 1.80. The Bertz CT molecular complexity index is 1050. The Kier molecular flexibility index (Phi) is 6.55. The largest absolute Gasteiger partial charge is 0.458 e. The van der Waals surface area contributed by atoms with E-state index in [1.807, 2.05) is 0 Å². The van der Waals surface area contributed by atoms with E-state index in [9.17, 15) is 24.3 Å². The lowest BCUT2D eigenvalue weighted by molar-refractivity contribution is -0.229. The van der Waals surface area contributed by atoms with Crippen LogP contribution in [0.15, 0.2) is 23.8 Å². The first kappa shape index (κ1) is 26.6. The quantitative estimate of drug-likeness (QED) is 0.547. The number of esters is 2. The SMILES string of the molecule is CCCC(=O)OC1(C(=O)COC(C)=O)CC[C@H]2[C@@H]3C[C@H](F)C4=CC(=O)C=C[C@]4(C)[C@@]3(F)[C@@H](O)C[C@@]21C. The van der Waals surface area contributed by atoms with Gasteiger partial charge in [-0.1, -0.05) is 19.9 Å². The normalized spacial score (nSPS) is 43.1. The monoisotopic (exact) mass is 508 g/mol. The average molecular weight is 509 g/mol. The van der Waals surface area contributed by atoms with Gasteiger partial charge >= 0.3 is 11.9 Å². The van der Waals surface area contributed by atoms with Crippen LogP contribution in [0.2, 0.25) is 0 Å². The van der Waals surface area contributed by atoms with Gasteiger partial charge in [-0.3, -0.25) is 19.2 Å². The number of hydrogen-bond acceptors (Lipinski definition) is 7. The van der Waals surface area contributed by atoms with Crippen molar-refractivity contribution in [3.05, 3.63) is 23.8 Å².